The zero-order chi connectivity index (χ0) is 21.8. The molecule has 0 aliphatic heterocycles. The van der Waals surface area contributed by atoms with Crippen LogP contribution in [0.4, 0.5) is 0 Å². The highest BCUT2D eigenvalue weighted by atomic mass is 14.0. The zero-order valence-electron chi connectivity index (χ0n) is 21.3. The van der Waals surface area contributed by atoms with E-state index in [1.807, 2.05) is 0 Å². The van der Waals surface area contributed by atoms with E-state index in [1.54, 1.807) is 0 Å². The third-order valence-corrected chi connectivity index (χ3v) is 6.27. The predicted octanol–water partition coefficient (Wildman–Crippen LogP) is 11.5. The van der Waals surface area contributed by atoms with Crippen molar-refractivity contribution in [2.24, 2.45) is 0 Å². The molecule has 0 aromatic carbocycles. The predicted molar refractivity (Wildman–Crippen MR) is 140 cm³/mol. The van der Waals surface area contributed by atoms with Gasteiger partial charge in [0.15, 0.2) is 0 Å². The van der Waals surface area contributed by atoms with Crippen LogP contribution in [0.15, 0.2) is 24.3 Å². The van der Waals surface area contributed by atoms with Crippen LogP contribution in [0.2, 0.25) is 0 Å². The molecule has 0 spiro atoms. The van der Waals surface area contributed by atoms with E-state index >= 15 is 0 Å². The van der Waals surface area contributed by atoms with E-state index < -0.39 is 0 Å². The van der Waals surface area contributed by atoms with E-state index in [1.165, 1.54) is 154 Å². The first kappa shape index (κ1) is 29.5. The normalized spacial score (nSPS) is 11.9. The number of unbranched alkanes of at least 4 members (excludes halogenated alkanes) is 21. The molecule has 0 aromatic heterocycles. The molecule has 0 heteroatoms. The van der Waals surface area contributed by atoms with Crippen LogP contribution in [0.3, 0.4) is 0 Å². The summed E-state index contributed by atoms with van der Waals surface area (Å²) in [6.07, 6.45) is 43.4. The average Bonchev–Trinajstić information content (AvgIpc) is 2.76. The van der Waals surface area contributed by atoms with Gasteiger partial charge in [0.25, 0.3) is 0 Å². The molecular weight excluding hydrogens is 360 g/mol. The van der Waals surface area contributed by atoms with Crippen LogP contribution in [-0.2, 0) is 0 Å². The quantitative estimate of drug-likeness (QED) is 0.102. The minimum absolute atomic E-state index is 1.30. The number of hydrogen-bond acceptors (Lipinski definition) is 0. The van der Waals surface area contributed by atoms with Gasteiger partial charge in [-0.2, -0.15) is 0 Å². The lowest BCUT2D eigenvalue weighted by Gasteiger charge is -2.00. The van der Waals surface area contributed by atoms with E-state index in [2.05, 4.69) is 38.2 Å². The summed E-state index contributed by atoms with van der Waals surface area (Å²) in [6, 6.07) is 0. The van der Waals surface area contributed by atoms with E-state index in [-0.39, 0.29) is 0 Å². The first-order valence-corrected chi connectivity index (χ1v) is 14.2. The Morgan fingerprint density at radius 2 is 0.467 bits per heavy atom. The standard InChI is InChI=1S/C30H58/c1-3-5-7-9-11-13-15-17-19-21-23-25-27-29-30-28-26-24-22-20-18-16-14-12-10-8-6-4-2/h17,19,22,24H,3-16,18,20-21,23,25-30H2,1-2H3/b19-17-,24-22-. The van der Waals surface area contributed by atoms with Gasteiger partial charge in [0, 0.05) is 0 Å². The molecule has 0 radical (unpaired) electrons. The molecular formula is C30H58. The summed E-state index contributed by atoms with van der Waals surface area (Å²) in [5.74, 6) is 0. The van der Waals surface area contributed by atoms with Gasteiger partial charge >= 0.3 is 0 Å². The summed E-state index contributed by atoms with van der Waals surface area (Å²) >= 11 is 0. The topological polar surface area (TPSA) is 0 Å². The van der Waals surface area contributed by atoms with Gasteiger partial charge in [-0.3, -0.25) is 0 Å². The van der Waals surface area contributed by atoms with Crippen molar-refractivity contribution in [2.75, 3.05) is 0 Å². The van der Waals surface area contributed by atoms with Crippen LogP contribution >= 0.6 is 0 Å². The fraction of sp³-hybridized carbons (Fsp3) is 0.867. The van der Waals surface area contributed by atoms with Crippen molar-refractivity contribution in [2.45, 2.75) is 168 Å². The Morgan fingerprint density at radius 3 is 0.700 bits per heavy atom. The van der Waals surface area contributed by atoms with Gasteiger partial charge in [-0.05, 0) is 51.4 Å². The molecule has 178 valence electrons. The van der Waals surface area contributed by atoms with Crippen molar-refractivity contribution in [3.8, 4) is 0 Å². The summed E-state index contributed by atoms with van der Waals surface area (Å²) < 4.78 is 0. The smallest absolute Gasteiger partial charge is 0.0351 e. The molecule has 0 fully saturated rings. The molecule has 0 aliphatic carbocycles. The maximum absolute atomic E-state index is 2.44. The van der Waals surface area contributed by atoms with Crippen molar-refractivity contribution in [1.82, 2.24) is 0 Å². The summed E-state index contributed by atoms with van der Waals surface area (Å²) in [5, 5.41) is 0. The Balaban J connectivity index is 3.12. The lowest BCUT2D eigenvalue weighted by molar-refractivity contribution is 0.577. The highest BCUT2D eigenvalue weighted by Gasteiger charge is 1.92. The second-order valence-corrected chi connectivity index (χ2v) is 9.46. The number of rotatable bonds is 25. The van der Waals surface area contributed by atoms with Gasteiger partial charge in [-0.15, -0.1) is 0 Å². The maximum Gasteiger partial charge on any atom is -0.0351 e. The fourth-order valence-corrected chi connectivity index (χ4v) is 4.14. The van der Waals surface area contributed by atoms with Crippen LogP contribution in [0.25, 0.3) is 0 Å². The highest BCUT2D eigenvalue weighted by molar-refractivity contribution is 4.82. The van der Waals surface area contributed by atoms with Crippen molar-refractivity contribution < 1.29 is 0 Å². The second kappa shape index (κ2) is 28.5. The van der Waals surface area contributed by atoms with Crippen LogP contribution in [0.5, 0.6) is 0 Å². The molecule has 0 unspecified atom stereocenters. The fourth-order valence-electron chi connectivity index (χ4n) is 4.14. The Bertz CT molecular complexity index is 338. The van der Waals surface area contributed by atoms with Crippen molar-refractivity contribution in [3.05, 3.63) is 24.3 Å². The van der Waals surface area contributed by atoms with Crippen LogP contribution in [0.1, 0.15) is 168 Å². The summed E-state index contributed by atoms with van der Waals surface area (Å²) in [4.78, 5) is 0. The molecule has 0 saturated carbocycles. The minimum Gasteiger partial charge on any atom is -0.0885 e. The molecule has 0 heterocycles. The van der Waals surface area contributed by atoms with Crippen LogP contribution < -0.4 is 0 Å². The van der Waals surface area contributed by atoms with E-state index in [0.29, 0.717) is 0 Å². The van der Waals surface area contributed by atoms with Gasteiger partial charge in [-0.25, -0.2) is 0 Å². The molecule has 0 aliphatic rings. The molecule has 0 rings (SSSR count). The summed E-state index contributed by atoms with van der Waals surface area (Å²) in [5.41, 5.74) is 0. The SMILES string of the molecule is CCCCCCCC/C=C\CCCCCCCC/C=C\CCCCCCCCCC. The third kappa shape index (κ3) is 27.5. The summed E-state index contributed by atoms with van der Waals surface area (Å²) in [6.45, 7) is 4.59. The Labute approximate surface area is 192 Å². The Morgan fingerprint density at radius 1 is 0.267 bits per heavy atom. The van der Waals surface area contributed by atoms with Gasteiger partial charge < -0.3 is 0 Å². The number of hydrogen-bond donors (Lipinski definition) is 0. The van der Waals surface area contributed by atoms with Crippen molar-refractivity contribution in [3.63, 3.8) is 0 Å². The lowest BCUT2D eigenvalue weighted by atomic mass is 10.1. The van der Waals surface area contributed by atoms with Gasteiger partial charge in [0.2, 0.25) is 0 Å². The maximum atomic E-state index is 2.44. The van der Waals surface area contributed by atoms with Gasteiger partial charge in [0.1, 0.15) is 0 Å². The largest absolute Gasteiger partial charge is 0.0885 e. The second-order valence-electron chi connectivity index (χ2n) is 9.46. The molecule has 0 bridgehead atoms. The van der Waals surface area contributed by atoms with Crippen LogP contribution in [-0.4, -0.2) is 0 Å². The minimum atomic E-state index is 1.30. The summed E-state index contributed by atoms with van der Waals surface area (Å²) in [7, 11) is 0. The first-order valence-electron chi connectivity index (χ1n) is 14.2. The average molecular weight is 419 g/mol. The first-order chi connectivity index (χ1) is 14.9. The zero-order valence-corrected chi connectivity index (χ0v) is 21.3. The molecule has 0 atom stereocenters. The van der Waals surface area contributed by atoms with Crippen molar-refractivity contribution >= 4 is 0 Å². The Kier molecular flexibility index (Phi) is 28.0. The van der Waals surface area contributed by atoms with E-state index in [4.69, 9.17) is 0 Å². The molecule has 0 saturated heterocycles. The molecule has 0 amide bonds. The molecule has 0 N–H and O–H groups in total. The number of allylic oxidation sites excluding steroid dienone is 4. The Hall–Kier alpha value is -0.520. The third-order valence-electron chi connectivity index (χ3n) is 6.27. The highest BCUT2D eigenvalue weighted by Crippen LogP contribution is 2.12. The molecule has 0 aromatic rings. The molecule has 0 nitrogen and oxygen atoms in total. The van der Waals surface area contributed by atoms with Gasteiger partial charge in [-0.1, -0.05) is 141 Å². The monoisotopic (exact) mass is 418 g/mol. The van der Waals surface area contributed by atoms with Gasteiger partial charge in [0.05, 0.1) is 0 Å². The van der Waals surface area contributed by atoms with E-state index in [0.717, 1.165) is 0 Å². The van der Waals surface area contributed by atoms with Crippen LogP contribution in [0, 0.1) is 0 Å². The molecule has 30 heavy (non-hydrogen) atoms. The van der Waals surface area contributed by atoms with E-state index in [9.17, 15) is 0 Å². The van der Waals surface area contributed by atoms with Crippen molar-refractivity contribution in [1.29, 1.82) is 0 Å². The lowest BCUT2D eigenvalue weighted by Crippen LogP contribution is -1.81.